The van der Waals surface area contributed by atoms with Crippen molar-refractivity contribution in [2.45, 2.75) is 33.7 Å². The van der Waals surface area contributed by atoms with E-state index in [-0.39, 0.29) is 24.4 Å². The number of para-hydroxylation sites is 1. The van der Waals surface area contributed by atoms with E-state index in [1.165, 1.54) is 16.9 Å². The Balaban J connectivity index is 1.39. The minimum absolute atomic E-state index is 0.135. The van der Waals surface area contributed by atoms with E-state index in [0.717, 1.165) is 33.6 Å². The van der Waals surface area contributed by atoms with Crippen LogP contribution in [0.1, 0.15) is 23.2 Å². The lowest BCUT2D eigenvalue weighted by Crippen LogP contribution is -2.25. The lowest BCUT2D eigenvalue weighted by molar-refractivity contribution is -0.116. The topological polar surface area (TPSA) is 81.8 Å². The standard InChI is InChI=1S/C27H25N5O2S/c1-17-9-11-20(12-10-17)22-16-35-27(28-22)29-23(33)13-14-31-24(34)15-18(2)25-19(3)30-32(26(25)31)21-7-5-4-6-8-21/h4-12,15-16H,13-14H2,1-3H3,(H,28,29,33). The van der Waals surface area contributed by atoms with Crippen molar-refractivity contribution in [1.82, 2.24) is 19.3 Å². The molecule has 3 aromatic heterocycles. The largest absolute Gasteiger partial charge is 0.302 e. The third-order valence-corrected chi connectivity index (χ3v) is 6.71. The number of hydrogen-bond donors (Lipinski definition) is 1. The highest BCUT2D eigenvalue weighted by molar-refractivity contribution is 7.14. The van der Waals surface area contributed by atoms with Crippen molar-refractivity contribution >= 4 is 33.4 Å². The SMILES string of the molecule is Cc1ccc(-c2csc(NC(=O)CCn3c(=O)cc(C)c4c(C)nn(-c5ccccc5)c43)n2)cc1. The molecule has 8 heteroatoms. The van der Waals surface area contributed by atoms with Crippen LogP contribution < -0.4 is 10.9 Å². The van der Waals surface area contributed by atoms with Crippen LogP contribution in [0.5, 0.6) is 0 Å². The molecular weight excluding hydrogens is 458 g/mol. The van der Waals surface area contributed by atoms with Gasteiger partial charge in [-0.3, -0.25) is 14.2 Å². The van der Waals surface area contributed by atoms with Gasteiger partial charge in [-0.2, -0.15) is 5.10 Å². The summed E-state index contributed by atoms with van der Waals surface area (Å²) in [5.74, 6) is -0.196. The predicted molar refractivity (Wildman–Crippen MR) is 140 cm³/mol. The number of pyridine rings is 1. The molecule has 0 unspecified atom stereocenters. The second kappa shape index (κ2) is 9.31. The first-order valence-corrected chi connectivity index (χ1v) is 12.3. The number of carbonyl (C=O) groups is 1. The zero-order valence-electron chi connectivity index (χ0n) is 19.8. The number of nitrogens with one attached hydrogen (secondary N) is 1. The molecule has 0 spiro atoms. The van der Waals surface area contributed by atoms with Gasteiger partial charge in [-0.15, -0.1) is 11.3 Å². The first-order valence-electron chi connectivity index (χ1n) is 11.4. The van der Waals surface area contributed by atoms with Gasteiger partial charge in [0.25, 0.3) is 5.56 Å². The lowest BCUT2D eigenvalue weighted by atomic mass is 10.1. The van der Waals surface area contributed by atoms with E-state index in [1.807, 2.05) is 80.7 Å². The molecule has 5 aromatic rings. The molecule has 0 saturated heterocycles. The quantitative estimate of drug-likeness (QED) is 0.357. The Morgan fingerprint density at radius 2 is 1.77 bits per heavy atom. The van der Waals surface area contributed by atoms with Crippen LogP contribution in [0.2, 0.25) is 0 Å². The summed E-state index contributed by atoms with van der Waals surface area (Å²) in [7, 11) is 0. The molecule has 7 nitrogen and oxygen atoms in total. The monoisotopic (exact) mass is 483 g/mol. The number of anilines is 1. The summed E-state index contributed by atoms with van der Waals surface area (Å²) >= 11 is 1.38. The van der Waals surface area contributed by atoms with Crippen molar-refractivity contribution in [3.8, 4) is 16.9 Å². The Morgan fingerprint density at radius 3 is 2.51 bits per heavy atom. The van der Waals surface area contributed by atoms with Crippen LogP contribution >= 0.6 is 11.3 Å². The fraction of sp³-hybridized carbons (Fsp3) is 0.185. The zero-order chi connectivity index (χ0) is 24.5. The molecule has 0 aliphatic carbocycles. The average Bonchev–Trinajstić information content (AvgIpc) is 3.44. The van der Waals surface area contributed by atoms with E-state index in [9.17, 15) is 9.59 Å². The molecule has 35 heavy (non-hydrogen) atoms. The van der Waals surface area contributed by atoms with E-state index in [2.05, 4.69) is 10.3 Å². The van der Waals surface area contributed by atoms with Crippen molar-refractivity contribution in [3.05, 3.63) is 93.2 Å². The van der Waals surface area contributed by atoms with Gasteiger partial charge in [0.15, 0.2) is 5.13 Å². The molecule has 0 bridgehead atoms. The first-order chi connectivity index (χ1) is 16.9. The fourth-order valence-electron chi connectivity index (χ4n) is 4.21. The molecular formula is C27H25N5O2S. The van der Waals surface area contributed by atoms with Crippen molar-refractivity contribution in [3.63, 3.8) is 0 Å². The van der Waals surface area contributed by atoms with Crippen LogP contribution in [0.4, 0.5) is 5.13 Å². The van der Waals surface area contributed by atoms with Gasteiger partial charge in [-0.25, -0.2) is 9.67 Å². The molecule has 0 aliphatic heterocycles. The van der Waals surface area contributed by atoms with Crippen molar-refractivity contribution < 1.29 is 4.79 Å². The number of carbonyl (C=O) groups excluding carboxylic acids is 1. The summed E-state index contributed by atoms with van der Waals surface area (Å²) in [4.78, 5) is 30.3. The maximum absolute atomic E-state index is 13.0. The highest BCUT2D eigenvalue weighted by atomic mass is 32.1. The number of nitrogens with zero attached hydrogens (tertiary/aromatic N) is 4. The van der Waals surface area contributed by atoms with Crippen LogP contribution in [0, 0.1) is 20.8 Å². The highest BCUT2D eigenvalue weighted by Crippen LogP contribution is 2.26. The van der Waals surface area contributed by atoms with Crippen LogP contribution in [-0.2, 0) is 11.3 Å². The Kier molecular flexibility index (Phi) is 6.05. The Morgan fingerprint density at radius 1 is 1.03 bits per heavy atom. The van der Waals surface area contributed by atoms with Crippen molar-refractivity contribution in [2.24, 2.45) is 0 Å². The molecule has 5 rings (SSSR count). The molecule has 1 N–H and O–H groups in total. The minimum Gasteiger partial charge on any atom is -0.302 e. The summed E-state index contributed by atoms with van der Waals surface area (Å²) in [6.45, 7) is 6.12. The number of hydrogen-bond acceptors (Lipinski definition) is 5. The third-order valence-electron chi connectivity index (χ3n) is 5.95. The average molecular weight is 484 g/mol. The van der Waals surface area contributed by atoms with Gasteiger partial charge in [0.05, 0.1) is 17.1 Å². The zero-order valence-corrected chi connectivity index (χ0v) is 20.6. The number of amides is 1. The first kappa shape index (κ1) is 22.7. The summed E-state index contributed by atoms with van der Waals surface area (Å²) in [5, 5.41) is 11.0. The van der Waals surface area contributed by atoms with Crippen LogP contribution in [-0.4, -0.2) is 25.2 Å². The normalized spacial score (nSPS) is 11.2. The Bertz CT molecular complexity index is 1580. The van der Waals surface area contributed by atoms with Crippen LogP contribution in [0.25, 0.3) is 28.0 Å². The minimum atomic E-state index is -0.196. The fourth-order valence-corrected chi connectivity index (χ4v) is 4.95. The van der Waals surface area contributed by atoms with Gasteiger partial charge in [0.1, 0.15) is 5.65 Å². The Labute approximate surface area is 206 Å². The molecule has 1 amide bonds. The molecule has 0 radical (unpaired) electrons. The van der Waals surface area contributed by atoms with Gasteiger partial charge in [0.2, 0.25) is 5.91 Å². The van der Waals surface area contributed by atoms with Crippen LogP contribution in [0.3, 0.4) is 0 Å². The summed E-state index contributed by atoms with van der Waals surface area (Å²) < 4.78 is 3.42. The number of benzene rings is 2. The van der Waals surface area contributed by atoms with E-state index in [4.69, 9.17) is 5.10 Å². The maximum atomic E-state index is 13.0. The predicted octanol–water partition coefficient (Wildman–Crippen LogP) is 5.26. The van der Waals surface area contributed by atoms with E-state index in [1.54, 1.807) is 15.3 Å². The molecule has 0 aliphatic rings. The number of rotatable bonds is 6. The summed E-state index contributed by atoms with van der Waals surface area (Å²) in [5.41, 5.74) is 6.12. The lowest BCUT2D eigenvalue weighted by Gasteiger charge is -2.12. The van der Waals surface area contributed by atoms with E-state index in [0.29, 0.717) is 10.8 Å². The summed E-state index contributed by atoms with van der Waals surface area (Å²) in [6, 6.07) is 19.4. The van der Waals surface area contributed by atoms with Crippen molar-refractivity contribution in [1.29, 1.82) is 0 Å². The molecule has 2 aromatic carbocycles. The van der Waals surface area contributed by atoms with Gasteiger partial charge >= 0.3 is 0 Å². The second-order valence-electron chi connectivity index (χ2n) is 8.55. The van der Waals surface area contributed by atoms with Gasteiger partial charge < -0.3 is 5.32 Å². The van der Waals surface area contributed by atoms with Crippen LogP contribution in [0.15, 0.2) is 70.8 Å². The number of thiazole rings is 1. The molecule has 3 heterocycles. The molecule has 0 saturated carbocycles. The maximum Gasteiger partial charge on any atom is 0.252 e. The van der Waals surface area contributed by atoms with Gasteiger partial charge in [-0.05, 0) is 38.5 Å². The number of aryl methyl sites for hydroxylation is 4. The second-order valence-corrected chi connectivity index (χ2v) is 9.41. The summed E-state index contributed by atoms with van der Waals surface area (Å²) in [6.07, 6.45) is 0.135. The highest BCUT2D eigenvalue weighted by Gasteiger charge is 2.18. The third kappa shape index (κ3) is 4.52. The van der Waals surface area contributed by atoms with E-state index >= 15 is 0 Å². The van der Waals surface area contributed by atoms with Crippen molar-refractivity contribution in [2.75, 3.05) is 5.32 Å². The van der Waals surface area contributed by atoms with E-state index < -0.39 is 0 Å². The smallest absolute Gasteiger partial charge is 0.252 e. The van der Waals surface area contributed by atoms with Gasteiger partial charge in [-0.1, -0.05) is 48.0 Å². The van der Waals surface area contributed by atoms with Gasteiger partial charge in [0, 0.05) is 35.4 Å². The molecule has 0 atom stereocenters. The molecule has 0 fully saturated rings. The number of aromatic nitrogens is 4. The molecule has 176 valence electrons. The Hall–Kier alpha value is -4.04. The number of fused-ring (bicyclic) bond motifs is 1.